The van der Waals surface area contributed by atoms with E-state index in [0.29, 0.717) is 5.95 Å². The third-order valence-electron chi connectivity index (χ3n) is 2.91. The van der Waals surface area contributed by atoms with E-state index in [1.165, 1.54) is 0 Å². The van der Waals surface area contributed by atoms with Crippen molar-refractivity contribution in [3.05, 3.63) is 50.8 Å². The fraction of sp³-hybridized carbons (Fsp3) is 0.133. The first kappa shape index (κ1) is 14.4. The highest BCUT2D eigenvalue weighted by Crippen LogP contribution is 2.29. The molecule has 1 N–H and O–H groups in total. The number of hydrogen-bond acceptors (Lipinski definition) is 5. The first-order valence-corrected chi connectivity index (χ1v) is 8.32. The first-order chi connectivity index (χ1) is 10.1. The van der Waals surface area contributed by atoms with Gasteiger partial charge in [0.25, 0.3) is 0 Å². The van der Waals surface area contributed by atoms with E-state index in [1.54, 1.807) is 17.5 Å². The van der Waals surface area contributed by atoms with Gasteiger partial charge in [0.2, 0.25) is 5.95 Å². The Morgan fingerprint density at radius 2 is 1.90 bits per heavy atom. The van der Waals surface area contributed by atoms with Crippen LogP contribution in [0.15, 0.2) is 36.5 Å². The molecule has 0 bridgehead atoms. The number of para-hydroxylation sites is 1. The molecular formula is C15H13IN4S. The van der Waals surface area contributed by atoms with Crippen LogP contribution in [0.2, 0.25) is 0 Å². The van der Waals surface area contributed by atoms with E-state index in [2.05, 4.69) is 42.9 Å². The minimum absolute atomic E-state index is 0.599. The zero-order valence-corrected chi connectivity index (χ0v) is 14.6. The van der Waals surface area contributed by atoms with Crippen LogP contribution in [0.3, 0.4) is 0 Å². The summed E-state index contributed by atoms with van der Waals surface area (Å²) >= 11 is 3.95. The SMILES string of the molecule is Cc1nc(C)c(-c2ccnc(Nc3ccccc3I)n2)s1. The van der Waals surface area contributed by atoms with Crippen molar-refractivity contribution in [3.8, 4) is 10.6 Å². The minimum Gasteiger partial charge on any atom is -0.323 e. The van der Waals surface area contributed by atoms with Crippen LogP contribution in [0, 0.1) is 17.4 Å². The van der Waals surface area contributed by atoms with Crippen LogP contribution < -0.4 is 5.32 Å². The number of aryl methyl sites for hydroxylation is 2. The van der Waals surface area contributed by atoms with Crippen LogP contribution in [0.5, 0.6) is 0 Å². The Balaban J connectivity index is 1.94. The fourth-order valence-corrected chi connectivity index (χ4v) is 3.41. The van der Waals surface area contributed by atoms with Crippen molar-refractivity contribution in [2.45, 2.75) is 13.8 Å². The van der Waals surface area contributed by atoms with Crippen LogP contribution in [0.25, 0.3) is 10.6 Å². The van der Waals surface area contributed by atoms with Gasteiger partial charge in [0.15, 0.2) is 0 Å². The van der Waals surface area contributed by atoms with Crippen molar-refractivity contribution in [2.24, 2.45) is 0 Å². The van der Waals surface area contributed by atoms with Gasteiger partial charge in [-0.3, -0.25) is 0 Å². The highest BCUT2D eigenvalue weighted by Gasteiger charge is 2.10. The molecule has 0 radical (unpaired) electrons. The van der Waals surface area contributed by atoms with Crippen LogP contribution in [0.4, 0.5) is 11.6 Å². The van der Waals surface area contributed by atoms with Crippen molar-refractivity contribution in [1.29, 1.82) is 0 Å². The van der Waals surface area contributed by atoms with Gasteiger partial charge < -0.3 is 5.32 Å². The number of nitrogens with zero attached hydrogens (tertiary/aromatic N) is 3. The highest BCUT2D eigenvalue weighted by molar-refractivity contribution is 14.1. The van der Waals surface area contributed by atoms with E-state index in [-0.39, 0.29) is 0 Å². The Morgan fingerprint density at radius 3 is 2.62 bits per heavy atom. The molecule has 0 amide bonds. The average molecular weight is 408 g/mol. The van der Waals surface area contributed by atoms with Crippen molar-refractivity contribution in [2.75, 3.05) is 5.32 Å². The second kappa shape index (κ2) is 6.07. The molecule has 0 aliphatic rings. The minimum atomic E-state index is 0.599. The number of thiazole rings is 1. The molecule has 2 aromatic heterocycles. The maximum Gasteiger partial charge on any atom is 0.227 e. The van der Waals surface area contributed by atoms with Gasteiger partial charge in [-0.05, 0) is 54.6 Å². The van der Waals surface area contributed by atoms with Gasteiger partial charge in [-0.2, -0.15) is 0 Å². The van der Waals surface area contributed by atoms with Gasteiger partial charge in [0.1, 0.15) is 0 Å². The molecule has 6 heteroatoms. The molecule has 2 heterocycles. The molecule has 0 fully saturated rings. The predicted molar refractivity (Wildman–Crippen MR) is 95.1 cm³/mol. The molecule has 0 saturated carbocycles. The van der Waals surface area contributed by atoms with Crippen LogP contribution in [-0.2, 0) is 0 Å². The summed E-state index contributed by atoms with van der Waals surface area (Å²) in [4.78, 5) is 14.4. The monoisotopic (exact) mass is 408 g/mol. The summed E-state index contributed by atoms with van der Waals surface area (Å²) in [5.74, 6) is 0.599. The number of hydrogen-bond donors (Lipinski definition) is 1. The zero-order valence-electron chi connectivity index (χ0n) is 11.6. The summed E-state index contributed by atoms with van der Waals surface area (Å²) in [5.41, 5.74) is 2.92. The Bertz CT molecular complexity index is 785. The zero-order chi connectivity index (χ0) is 14.8. The molecule has 4 nitrogen and oxygen atoms in total. The van der Waals surface area contributed by atoms with E-state index >= 15 is 0 Å². The van der Waals surface area contributed by atoms with E-state index in [0.717, 1.165) is 30.5 Å². The van der Waals surface area contributed by atoms with E-state index in [9.17, 15) is 0 Å². The second-order valence-corrected chi connectivity index (χ2v) is 6.88. The smallest absolute Gasteiger partial charge is 0.227 e. The van der Waals surface area contributed by atoms with Gasteiger partial charge in [-0.15, -0.1) is 11.3 Å². The maximum atomic E-state index is 4.60. The molecule has 0 aliphatic carbocycles. The molecular weight excluding hydrogens is 395 g/mol. The van der Waals surface area contributed by atoms with Crippen molar-refractivity contribution in [1.82, 2.24) is 15.0 Å². The van der Waals surface area contributed by atoms with E-state index in [1.807, 2.05) is 44.2 Å². The van der Waals surface area contributed by atoms with Crippen LogP contribution >= 0.6 is 33.9 Å². The fourth-order valence-electron chi connectivity index (χ4n) is 2.00. The molecule has 106 valence electrons. The molecule has 1 aromatic carbocycles. The summed E-state index contributed by atoms with van der Waals surface area (Å²) in [6, 6.07) is 9.98. The molecule has 0 saturated heterocycles. The molecule has 21 heavy (non-hydrogen) atoms. The van der Waals surface area contributed by atoms with Gasteiger partial charge in [-0.25, -0.2) is 15.0 Å². The predicted octanol–water partition coefficient (Wildman–Crippen LogP) is 4.57. The summed E-state index contributed by atoms with van der Waals surface area (Å²) in [6.45, 7) is 4.02. The number of aromatic nitrogens is 3. The van der Waals surface area contributed by atoms with Gasteiger partial charge >= 0.3 is 0 Å². The standard InChI is InChI=1S/C15H13IN4S/c1-9-14(21-10(2)18-9)13-7-8-17-15(20-13)19-12-6-4-3-5-11(12)16/h3-8H,1-2H3,(H,17,19,20). The molecule has 0 spiro atoms. The Morgan fingerprint density at radius 1 is 1.10 bits per heavy atom. The normalized spacial score (nSPS) is 10.6. The third kappa shape index (κ3) is 3.21. The lowest BCUT2D eigenvalue weighted by Crippen LogP contribution is -1.99. The van der Waals surface area contributed by atoms with Gasteiger partial charge in [0.05, 0.1) is 27.0 Å². The largest absolute Gasteiger partial charge is 0.323 e. The quantitative estimate of drug-likeness (QED) is 0.646. The molecule has 0 atom stereocenters. The number of anilines is 2. The number of benzene rings is 1. The van der Waals surface area contributed by atoms with Crippen LogP contribution in [-0.4, -0.2) is 15.0 Å². The van der Waals surface area contributed by atoms with Crippen LogP contribution in [0.1, 0.15) is 10.7 Å². The Labute approximate surface area is 140 Å². The highest BCUT2D eigenvalue weighted by atomic mass is 127. The van der Waals surface area contributed by atoms with Crippen molar-refractivity contribution >= 4 is 45.6 Å². The first-order valence-electron chi connectivity index (χ1n) is 6.42. The lowest BCUT2D eigenvalue weighted by atomic mass is 10.3. The van der Waals surface area contributed by atoms with E-state index < -0.39 is 0 Å². The lowest BCUT2D eigenvalue weighted by Gasteiger charge is -2.07. The molecule has 0 unspecified atom stereocenters. The van der Waals surface area contributed by atoms with Gasteiger partial charge in [0, 0.05) is 9.77 Å². The summed E-state index contributed by atoms with van der Waals surface area (Å²) in [7, 11) is 0. The van der Waals surface area contributed by atoms with Crippen molar-refractivity contribution < 1.29 is 0 Å². The molecule has 0 aliphatic heterocycles. The summed E-state index contributed by atoms with van der Waals surface area (Å²) < 4.78 is 1.13. The summed E-state index contributed by atoms with van der Waals surface area (Å²) in [5, 5.41) is 4.31. The number of halogens is 1. The van der Waals surface area contributed by atoms with Gasteiger partial charge in [-0.1, -0.05) is 12.1 Å². The Hall–Kier alpha value is -1.54. The topological polar surface area (TPSA) is 50.7 Å². The van der Waals surface area contributed by atoms with Crippen molar-refractivity contribution in [3.63, 3.8) is 0 Å². The third-order valence-corrected chi connectivity index (χ3v) is 4.95. The lowest BCUT2D eigenvalue weighted by molar-refractivity contribution is 1.16. The maximum absolute atomic E-state index is 4.60. The number of rotatable bonds is 3. The second-order valence-electron chi connectivity index (χ2n) is 4.52. The Kier molecular flexibility index (Phi) is 4.16. The van der Waals surface area contributed by atoms with E-state index in [4.69, 9.17) is 0 Å². The summed E-state index contributed by atoms with van der Waals surface area (Å²) in [6.07, 6.45) is 1.77. The molecule has 3 aromatic rings. The average Bonchev–Trinajstić information content (AvgIpc) is 2.81. The molecule has 3 rings (SSSR count). The number of nitrogens with one attached hydrogen (secondary N) is 1.